The fraction of sp³-hybridized carbons (Fsp3) is 0.500. The van der Waals surface area contributed by atoms with Gasteiger partial charge in [-0.1, -0.05) is 11.6 Å². The lowest BCUT2D eigenvalue weighted by molar-refractivity contribution is 0.0134. The van der Waals surface area contributed by atoms with E-state index in [1.54, 1.807) is 0 Å². The van der Waals surface area contributed by atoms with Crippen LogP contribution in [0.15, 0.2) is 16.9 Å². The molecule has 1 fully saturated rings. The number of hydrogen-bond donors (Lipinski definition) is 2. The Bertz CT molecular complexity index is 198. The molecule has 1 heterocycles. The predicted octanol–water partition coefficient (Wildman–Crippen LogP) is -0.219. The first-order chi connectivity index (χ1) is 5.24. The van der Waals surface area contributed by atoms with Crippen LogP contribution in [0.4, 0.5) is 0 Å². The van der Waals surface area contributed by atoms with E-state index < -0.39 is 0 Å². The van der Waals surface area contributed by atoms with Crippen molar-refractivity contribution >= 4 is 16.8 Å². The molecule has 62 valence electrons. The second-order valence-electron chi connectivity index (χ2n) is 2.23. The van der Waals surface area contributed by atoms with Gasteiger partial charge in [0.05, 0.1) is 25.0 Å². The average molecular weight is 176 g/mol. The molecule has 0 radical (unpaired) electrons. The fourth-order valence-electron chi connectivity index (χ4n) is 0.601. The number of halogens is 1. The van der Waals surface area contributed by atoms with E-state index in [2.05, 4.69) is 4.99 Å². The van der Waals surface area contributed by atoms with E-state index in [1.807, 2.05) is 0 Å². The summed E-state index contributed by atoms with van der Waals surface area (Å²) in [4.78, 5) is 4.04. The third-order valence-electron chi connectivity index (χ3n) is 1.33. The molecule has 0 saturated carbocycles. The van der Waals surface area contributed by atoms with Gasteiger partial charge in [-0.2, -0.15) is 0 Å². The third kappa shape index (κ3) is 2.10. The Kier molecular flexibility index (Phi) is 2.73. The Hall–Kier alpha value is -0.740. The van der Waals surface area contributed by atoms with Gasteiger partial charge < -0.3 is 16.2 Å². The fourth-order valence-corrected chi connectivity index (χ4v) is 0.802. The third-order valence-corrected chi connectivity index (χ3v) is 1.65. The molecule has 0 amide bonds. The van der Waals surface area contributed by atoms with Gasteiger partial charge in [0.15, 0.2) is 0 Å². The second kappa shape index (κ2) is 3.59. The normalized spacial score (nSPS) is 21.5. The standard InChI is InChI=1S/C6H10ClN3O/c7-6(5(9)1-8)10-4-2-11-3-4/h1,4H,2-3,8-9H2/b5-1+,10-6?. The number of ether oxygens (including phenoxy) is 1. The van der Waals surface area contributed by atoms with E-state index in [-0.39, 0.29) is 11.2 Å². The number of rotatable bonds is 2. The van der Waals surface area contributed by atoms with Crippen molar-refractivity contribution in [2.75, 3.05) is 13.2 Å². The summed E-state index contributed by atoms with van der Waals surface area (Å²) in [6.07, 6.45) is 1.23. The minimum absolute atomic E-state index is 0.154. The number of nitrogens with zero attached hydrogens (tertiary/aromatic N) is 1. The van der Waals surface area contributed by atoms with Crippen molar-refractivity contribution < 1.29 is 4.74 Å². The minimum atomic E-state index is 0.154. The molecule has 1 aliphatic rings. The molecule has 11 heavy (non-hydrogen) atoms. The highest BCUT2D eigenvalue weighted by Crippen LogP contribution is 2.07. The molecule has 0 aromatic rings. The molecule has 0 aromatic carbocycles. The molecule has 5 heteroatoms. The van der Waals surface area contributed by atoms with Crippen LogP contribution in [-0.2, 0) is 4.74 Å². The number of hydrogen-bond acceptors (Lipinski definition) is 4. The zero-order chi connectivity index (χ0) is 8.27. The van der Waals surface area contributed by atoms with E-state index in [4.69, 9.17) is 27.8 Å². The summed E-state index contributed by atoms with van der Waals surface area (Å²) in [6, 6.07) is 0.154. The van der Waals surface area contributed by atoms with Crippen molar-refractivity contribution in [2.24, 2.45) is 16.5 Å². The van der Waals surface area contributed by atoms with Gasteiger partial charge in [-0.3, -0.25) is 4.99 Å². The summed E-state index contributed by atoms with van der Waals surface area (Å²) in [5, 5.41) is 0.265. The lowest BCUT2D eigenvalue weighted by Gasteiger charge is -2.22. The van der Waals surface area contributed by atoms with Crippen molar-refractivity contribution in [3.8, 4) is 0 Å². The van der Waals surface area contributed by atoms with Gasteiger partial charge in [0.25, 0.3) is 0 Å². The molecule has 0 bridgehead atoms. The summed E-state index contributed by atoms with van der Waals surface area (Å²) in [7, 11) is 0. The maximum absolute atomic E-state index is 5.66. The maximum atomic E-state index is 5.66. The Labute approximate surface area is 69.9 Å². The summed E-state index contributed by atoms with van der Waals surface area (Å²) < 4.78 is 4.89. The molecule has 0 aliphatic carbocycles. The van der Waals surface area contributed by atoms with Crippen LogP contribution in [-0.4, -0.2) is 24.4 Å². The van der Waals surface area contributed by atoms with Crippen LogP contribution in [0.1, 0.15) is 0 Å². The largest absolute Gasteiger partial charge is 0.403 e. The van der Waals surface area contributed by atoms with Gasteiger partial charge in [0.2, 0.25) is 0 Å². The Balaban J connectivity index is 2.50. The van der Waals surface area contributed by atoms with Crippen molar-refractivity contribution in [3.63, 3.8) is 0 Å². The molecular formula is C6H10ClN3O. The summed E-state index contributed by atoms with van der Waals surface area (Å²) in [5.41, 5.74) is 10.8. The summed E-state index contributed by atoms with van der Waals surface area (Å²) >= 11 is 5.66. The topological polar surface area (TPSA) is 73.6 Å². The maximum Gasteiger partial charge on any atom is 0.148 e. The highest BCUT2D eigenvalue weighted by Gasteiger charge is 2.17. The second-order valence-corrected chi connectivity index (χ2v) is 2.59. The van der Waals surface area contributed by atoms with Crippen molar-refractivity contribution in [3.05, 3.63) is 11.9 Å². The van der Waals surface area contributed by atoms with E-state index >= 15 is 0 Å². The van der Waals surface area contributed by atoms with E-state index in [9.17, 15) is 0 Å². The van der Waals surface area contributed by atoms with E-state index in [1.165, 1.54) is 6.20 Å². The Morgan fingerprint density at radius 3 is 2.64 bits per heavy atom. The summed E-state index contributed by atoms with van der Waals surface area (Å²) in [6.45, 7) is 1.24. The van der Waals surface area contributed by atoms with Crippen LogP contribution in [0.3, 0.4) is 0 Å². The minimum Gasteiger partial charge on any atom is -0.403 e. The quantitative estimate of drug-likeness (QED) is 0.570. The monoisotopic (exact) mass is 175 g/mol. The average Bonchev–Trinajstić information content (AvgIpc) is 1.94. The molecule has 0 atom stereocenters. The number of allylic oxidation sites excluding steroid dienone is 1. The molecule has 0 spiro atoms. The first-order valence-electron chi connectivity index (χ1n) is 3.23. The zero-order valence-electron chi connectivity index (χ0n) is 5.96. The van der Waals surface area contributed by atoms with Crippen molar-refractivity contribution in [1.82, 2.24) is 0 Å². The van der Waals surface area contributed by atoms with Gasteiger partial charge in [0.1, 0.15) is 5.17 Å². The van der Waals surface area contributed by atoms with E-state index in [0.29, 0.717) is 18.9 Å². The molecule has 0 aromatic heterocycles. The smallest absolute Gasteiger partial charge is 0.148 e. The first kappa shape index (κ1) is 8.36. The molecule has 1 aliphatic heterocycles. The van der Waals surface area contributed by atoms with Crippen LogP contribution in [0.25, 0.3) is 0 Å². The predicted molar refractivity (Wildman–Crippen MR) is 44.4 cm³/mol. The van der Waals surface area contributed by atoms with Gasteiger partial charge in [0, 0.05) is 6.20 Å². The van der Waals surface area contributed by atoms with Crippen LogP contribution in [0.5, 0.6) is 0 Å². The molecule has 0 unspecified atom stereocenters. The van der Waals surface area contributed by atoms with Gasteiger partial charge >= 0.3 is 0 Å². The highest BCUT2D eigenvalue weighted by atomic mass is 35.5. The Morgan fingerprint density at radius 2 is 2.27 bits per heavy atom. The molecule has 1 rings (SSSR count). The van der Waals surface area contributed by atoms with Crippen LogP contribution in [0.2, 0.25) is 0 Å². The summed E-state index contributed by atoms with van der Waals surface area (Å²) in [5.74, 6) is 0. The number of nitrogens with two attached hydrogens (primary N) is 2. The van der Waals surface area contributed by atoms with Crippen molar-refractivity contribution in [2.45, 2.75) is 6.04 Å². The van der Waals surface area contributed by atoms with Crippen molar-refractivity contribution in [1.29, 1.82) is 0 Å². The lowest BCUT2D eigenvalue weighted by atomic mass is 10.3. The van der Waals surface area contributed by atoms with Crippen LogP contribution < -0.4 is 11.5 Å². The lowest BCUT2D eigenvalue weighted by Crippen LogP contribution is -2.32. The molecule has 4 N–H and O–H groups in total. The molecule has 1 saturated heterocycles. The van der Waals surface area contributed by atoms with Gasteiger partial charge in [-0.25, -0.2) is 0 Å². The van der Waals surface area contributed by atoms with Crippen LogP contribution in [0, 0.1) is 0 Å². The van der Waals surface area contributed by atoms with E-state index in [0.717, 1.165) is 0 Å². The SMILES string of the molecule is N/C=C(/N)C(Cl)=NC1COC1. The Morgan fingerprint density at radius 1 is 1.64 bits per heavy atom. The zero-order valence-corrected chi connectivity index (χ0v) is 6.71. The van der Waals surface area contributed by atoms with Gasteiger partial charge in [-0.15, -0.1) is 0 Å². The molecular weight excluding hydrogens is 166 g/mol. The van der Waals surface area contributed by atoms with Crippen LogP contribution >= 0.6 is 11.6 Å². The highest BCUT2D eigenvalue weighted by molar-refractivity contribution is 6.69. The van der Waals surface area contributed by atoms with Gasteiger partial charge in [-0.05, 0) is 0 Å². The molecule has 4 nitrogen and oxygen atoms in total. The first-order valence-corrected chi connectivity index (χ1v) is 3.60. The number of aliphatic imine (C=N–C) groups is 1.